The summed E-state index contributed by atoms with van der Waals surface area (Å²) in [5.74, 6) is -0.412. The molecule has 0 saturated heterocycles. The second-order valence-corrected chi connectivity index (χ2v) is 6.33. The highest BCUT2D eigenvalue weighted by atomic mass is 32.2. The fraction of sp³-hybridized carbons (Fsp3) is 0.200. The van der Waals surface area contributed by atoms with E-state index in [1.165, 1.54) is 24.3 Å². The maximum absolute atomic E-state index is 12.9. The van der Waals surface area contributed by atoms with Crippen LogP contribution >= 0.6 is 0 Å². The second kappa shape index (κ2) is 6.24. The highest BCUT2D eigenvalue weighted by Gasteiger charge is 2.18. The van der Waals surface area contributed by atoms with E-state index in [0.29, 0.717) is 17.8 Å². The van der Waals surface area contributed by atoms with Crippen molar-refractivity contribution in [3.8, 4) is 0 Å². The minimum Gasteiger partial charge on any atom is -0.316 e. The zero-order valence-corrected chi connectivity index (χ0v) is 12.7. The van der Waals surface area contributed by atoms with Crippen molar-refractivity contribution in [1.82, 2.24) is 5.32 Å². The first-order chi connectivity index (χ1) is 9.94. The van der Waals surface area contributed by atoms with Crippen LogP contribution in [0.5, 0.6) is 0 Å². The van der Waals surface area contributed by atoms with Crippen molar-refractivity contribution < 1.29 is 12.8 Å². The molecule has 0 fully saturated rings. The Balaban J connectivity index is 2.35. The van der Waals surface area contributed by atoms with E-state index in [9.17, 15) is 12.8 Å². The van der Waals surface area contributed by atoms with E-state index in [-0.39, 0.29) is 4.90 Å². The third kappa shape index (κ3) is 3.59. The Morgan fingerprint density at radius 1 is 1.10 bits per heavy atom. The third-order valence-electron chi connectivity index (χ3n) is 3.15. The van der Waals surface area contributed by atoms with Crippen molar-refractivity contribution in [3.63, 3.8) is 0 Å². The van der Waals surface area contributed by atoms with E-state index in [1.807, 2.05) is 6.07 Å². The van der Waals surface area contributed by atoms with E-state index in [0.717, 1.165) is 5.56 Å². The number of benzene rings is 2. The summed E-state index contributed by atoms with van der Waals surface area (Å²) in [4.78, 5) is 0.222. The van der Waals surface area contributed by atoms with Gasteiger partial charge in [-0.05, 0) is 55.4 Å². The molecule has 0 bridgehead atoms. The van der Waals surface area contributed by atoms with Crippen LogP contribution in [-0.2, 0) is 16.6 Å². The molecule has 112 valence electrons. The lowest BCUT2D eigenvalue weighted by atomic mass is 10.1. The summed E-state index contributed by atoms with van der Waals surface area (Å²) in [5, 5.41) is 3.00. The Bertz CT molecular complexity index is 728. The van der Waals surface area contributed by atoms with Crippen LogP contribution in [-0.4, -0.2) is 15.5 Å². The standard InChI is InChI=1S/C15H17FN2O2S/c1-11-12(10-17-2)4-3-5-15(11)21(19,20)18-14-8-6-13(16)7-9-14/h3-9,17-18H,10H2,1-2H3. The molecule has 2 aromatic carbocycles. The van der Waals surface area contributed by atoms with Gasteiger partial charge in [0.1, 0.15) is 5.82 Å². The second-order valence-electron chi connectivity index (χ2n) is 4.68. The smallest absolute Gasteiger partial charge is 0.262 e. The lowest BCUT2D eigenvalue weighted by Gasteiger charge is -2.13. The van der Waals surface area contributed by atoms with Gasteiger partial charge < -0.3 is 5.32 Å². The monoisotopic (exact) mass is 308 g/mol. The molecule has 0 aromatic heterocycles. The molecule has 0 radical (unpaired) electrons. The minimum absolute atomic E-state index is 0.222. The fourth-order valence-corrected chi connectivity index (χ4v) is 3.41. The number of rotatable bonds is 5. The van der Waals surface area contributed by atoms with Gasteiger partial charge in [-0.15, -0.1) is 0 Å². The molecule has 0 unspecified atom stereocenters. The van der Waals surface area contributed by atoms with Gasteiger partial charge in [0.25, 0.3) is 10.0 Å². The Kier molecular flexibility index (Phi) is 4.59. The van der Waals surface area contributed by atoms with Crippen molar-refractivity contribution in [3.05, 3.63) is 59.4 Å². The van der Waals surface area contributed by atoms with Crippen LogP contribution in [0.4, 0.5) is 10.1 Å². The highest BCUT2D eigenvalue weighted by molar-refractivity contribution is 7.92. The molecule has 6 heteroatoms. The van der Waals surface area contributed by atoms with Crippen LogP contribution in [0.3, 0.4) is 0 Å². The maximum Gasteiger partial charge on any atom is 0.262 e. The summed E-state index contributed by atoms with van der Waals surface area (Å²) in [5.41, 5.74) is 1.94. The zero-order chi connectivity index (χ0) is 15.5. The quantitative estimate of drug-likeness (QED) is 0.893. The molecule has 2 N–H and O–H groups in total. The lowest BCUT2D eigenvalue weighted by Crippen LogP contribution is -2.16. The third-order valence-corrected chi connectivity index (χ3v) is 4.68. The minimum atomic E-state index is -3.70. The van der Waals surface area contributed by atoms with Crippen molar-refractivity contribution in [2.24, 2.45) is 0 Å². The maximum atomic E-state index is 12.9. The Labute approximate surface area is 124 Å². The molecule has 0 atom stereocenters. The van der Waals surface area contributed by atoms with Crippen molar-refractivity contribution in [1.29, 1.82) is 0 Å². The van der Waals surface area contributed by atoms with E-state index < -0.39 is 15.8 Å². The molecule has 0 aliphatic carbocycles. The summed E-state index contributed by atoms with van der Waals surface area (Å²) in [7, 11) is -1.89. The van der Waals surface area contributed by atoms with Crippen LogP contribution in [0, 0.1) is 12.7 Å². The van der Waals surface area contributed by atoms with Crippen molar-refractivity contribution in [2.75, 3.05) is 11.8 Å². The zero-order valence-electron chi connectivity index (χ0n) is 11.9. The Hall–Kier alpha value is -1.92. The summed E-state index contributed by atoms with van der Waals surface area (Å²) >= 11 is 0. The molecule has 0 aliphatic rings. The predicted molar refractivity (Wildman–Crippen MR) is 81.2 cm³/mol. The van der Waals surface area contributed by atoms with Gasteiger partial charge in [-0.2, -0.15) is 0 Å². The van der Waals surface area contributed by atoms with Gasteiger partial charge in [0, 0.05) is 12.2 Å². The summed E-state index contributed by atoms with van der Waals surface area (Å²) in [6, 6.07) is 10.3. The van der Waals surface area contributed by atoms with Crippen LogP contribution in [0.2, 0.25) is 0 Å². The lowest BCUT2D eigenvalue weighted by molar-refractivity contribution is 0.600. The molecule has 2 rings (SSSR count). The number of halogens is 1. The van der Waals surface area contributed by atoms with Gasteiger partial charge >= 0.3 is 0 Å². The molecule has 0 heterocycles. The molecule has 4 nitrogen and oxygen atoms in total. The van der Waals surface area contributed by atoms with E-state index in [2.05, 4.69) is 10.0 Å². The first-order valence-electron chi connectivity index (χ1n) is 6.45. The average molecular weight is 308 g/mol. The number of hydrogen-bond donors (Lipinski definition) is 2. The molecular weight excluding hydrogens is 291 g/mol. The average Bonchev–Trinajstić information content (AvgIpc) is 2.43. The number of sulfonamides is 1. The molecule has 0 aliphatic heterocycles. The summed E-state index contributed by atoms with van der Waals surface area (Å²) in [6.45, 7) is 2.36. The van der Waals surface area contributed by atoms with Gasteiger partial charge in [-0.3, -0.25) is 4.72 Å². The SMILES string of the molecule is CNCc1cccc(S(=O)(=O)Nc2ccc(F)cc2)c1C. The normalized spacial score (nSPS) is 11.4. The van der Waals surface area contributed by atoms with Gasteiger partial charge in [0.15, 0.2) is 0 Å². The van der Waals surface area contributed by atoms with Crippen LogP contribution < -0.4 is 10.0 Å². The van der Waals surface area contributed by atoms with Crippen molar-refractivity contribution in [2.45, 2.75) is 18.4 Å². The van der Waals surface area contributed by atoms with E-state index >= 15 is 0 Å². The Morgan fingerprint density at radius 2 is 1.76 bits per heavy atom. The van der Waals surface area contributed by atoms with Crippen LogP contribution in [0.25, 0.3) is 0 Å². The van der Waals surface area contributed by atoms with Gasteiger partial charge in [0.05, 0.1) is 4.90 Å². The van der Waals surface area contributed by atoms with Crippen LogP contribution in [0.15, 0.2) is 47.4 Å². The van der Waals surface area contributed by atoms with Gasteiger partial charge in [-0.1, -0.05) is 12.1 Å². The van der Waals surface area contributed by atoms with Gasteiger partial charge in [-0.25, -0.2) is 12.8 Å². The Morgan fingerprint density at radius 3 is 2.38 bits per heavy atom. The van der Waals surface area contributed by atoms with E-state index in [1.54, 1.807) is 26.1 Å². The van der Waals surface area contributed by atoms with Crippen molar-refractivity contribution >= 4 is 15.7 Å². The molecule has 0 spiro atoms. The first-order valence-corrected chi connectivity index (χ1v) is 7.94. The first kappa shape index (κ1) is 15.5. The molecule has 21 heavy (non-hydrogen) atoms. The van der Waals surface area contributed by atoms with Crippen LogP contribution in [0.1, 0.15) is 11.1 Å². The van der Waals surface area contributed by atoms with E-state index in [4.69, 9.17) is 0 Å². The molecule has 0 amide bonds. The topological polar surface area (TPSA) is 58.2 Å². The number of anilines is 1. The largest absolute Gasteiger partial charge is 0.316 e. The predicted octanol–water partition coefficient (Wildman–Crippen LogP) is 2.65. The molecular formula is C15H17FN2O2S. The summed E-state index contributed by atoms with van der Waals surface area (Å²) in [6.07, 6.45) is 0. The molecule has 0 saturated carbocycles. The highest BCUT2D eigenvalue weighted by Crippen LogP contribution is 2.22. The fourth-order valence-electron chi connectivity index (χ4n) is 2.06. The van der Waals surface area contributed by atoms with Gasteiger partial charge in [0.2, 0.25) is 0 Å². The number of nitrogens with one attached hydrogen (secondary N) is 2. The number of hydrogen-bond acceptors (Lipinski definition) is 3. The summed E-state index contributed by atoms with van der Waals surface area (Å²) < 4.78 is 40.2. The molecule has 2 aromatic rings.